The van der Waals surface area contributed by atoms with Crippen LogP contribution in [0.1, 0.15) is 37.7 Å². The number of H-pyrrole nitrogens is 1. The maximum absolute atomic E-state index is 14.5. The van der Waals surface area contributed by atoms with Crippen LogP contribution in [0, 0.1) is 5.92 Å². The quantitative estimate of drug-likeness (QED) is 0.696. The van der Waals surface area contributed by atoms with Gasteiger partial charge in [-0.1, -0.05) is 6.07 Å². The molecule has 2 aromatic rings. The zero-order valence-corrected chi connectivity index (χ0v) is 17.2. The van der Waals surface area contributed by atoms with Crippen LogP contribution in [0.4, 0.5) is 14.7 Å². The van der Waals surface area contributed by atoms with Crippen LogP contribution in [0.3, 0.4) is 0 Å². The summed E-state index contributed by atoms with van der Waals surface area (Å²) in [5, 5.41) is 2.63. The van der Waals surface area contributed by atoms with E-state index < -0.39 is 17.9 Å². The first kappa shape index (κ1) is 21.4. The number of amides is 1. The summed E-state index contributed by atoms with van der Waals surface area (Å²) in [6.45, 7) is 2.37. The van der Waals surface area contributed by atoms with E-state index in [0.717, 1.165) is 0 Å². The molecule has 0 unspecified atom stereocenters. The normalized spacial score (nSPS) is 22.0. The van der Waals surface area contributed by atoms with Gasteiger partial charge in [0.05, 0.1) is 31.0 Å². The Morgan fingerprint density at radius 1 is 1.35 bits per heavy atom. The molecule has 1 saturated heterocycles. The number of hydrogen-bond donors (Lipinski definition) is 2. The Labute approximate surface area is 178 Å². The SMILES string of the molecule is C[C@@H](C(=O)Nc1ncc(OCC2CC2)cn1)N1CCC(F)(F)[C@@H](c2ccc(=O)[nH]c2)C1. The number of nitrogens with zero attached hydrogens (tertiary/aromatic N) is 3. The summed E-state index contributed by atoms with van der Waals surface area (Å²) < 4.78 is 34.7. The van der Waals surface area contributed by atoms with Gasteiger partial charge in [0, 0.05) is 31.8 Å². The summed E-state index contributed by atoms with van der Waals surface area (Å²) in [6, 6.07) is 1.98. The van der Waals surface area contributed by atoms with E-state index in [1.807, 2.05) is 0 Å². The molecule has 1 aliphatic heterocycles. The van der Waals surface area contributed by atoms with Crippen molar-refractivity contribution < 1.29 is 18.3 Å². The van der Waals surface area contributed by atoms with Gasteiger partial charge in [-0.05, 0) is 31.2 Å². The highest BCUT2D eigenvalue weighted by Gasteiger charge is 2.46. The minimum absolute atomic E-state index is 0.0115. The lowest BCUT2D eigenvalue weighted by Crippen LogP contribution is -2.52. The first-order valence-corrected chi connectivity index (χ1v) is 10.4. The standard InChI is InChI=1S/C21H25F2N5O3/c1-13(19(30)27-20-25-9-16(10-26-20)31-12-14-2-3-14)28-7-6-21(22,23)17(11-28)15-4-5-18(29)24-8-15/h4-5,8-10,13-14,17H,2-3,6-7,11-12H2,1H3,(H,24,29)(H,25,26,27,30)/t13-,17+/m0/s1. The highest BCUT2D eigenvalue weighted by Crippen LogP contribution is 2.40. The van der Waals surface area contributed by atoms with E-state index in [0.29, 0.717) is 23.8 Å². The fourth-order valence-electron chi connectivity index (χ4n) is 3.60. The number of piperidine rings is 1. The molecule has 0 spiro atoms. The van der Waals surface area contributed by atoms with Crippen molar-refractivity contribution in [2.24, 2.45) is 5.92 Å². The van der Waals surface area contributed by atoms with Crippen LogP contribution in [-0.2, 0) is 4.79 Å². The number of aromatic nitrogens is 3. The molecule has 0 radical (unpaired) electrons. The summed E-state index contributed by atoms with van der Waals surface area (Å²) in [5.41, 5.74) is -0.0107. The van der Waals surface area contributed by atoms with E-state index in [9.17, 15) is 18.4 Å². The predicted octanol–water partition coefficient (Wildman–Crippen LogP) is 2.41. The van der Waals surface area contributed by atoms with Gasteiger partial charge in [0.15, 0.2) is 5.75 Å². The lowest BCUT2D eigenvalue weighted by molar-refractivity contribution is -0.125. The van der Waals surface area contributed by atoms with Crippen LogP contribution < -0.4 is 15.6 Å². The molecule has 1 aliphatic carbocycles. The fraction of sp³-hybridized carbons (Fsp3) is 0.524. The van der Waals surface area contributed by atoms with Gasteiger partial charge in [0.1, 0.15) is 0 Å². The van der Waals surface area contributed by atoms with E-state index in [1.54, 1.807) is 11.8 Å². The van der Waals surface area contributed by atoms with E-state index >= 15 is 0 Å². The average Bonchev–Trinajstić information content (AvgIpc) is 3.58. The molecule has 2 fully saturated rings. The van der Waals surface area contributed by atoms with Gasteiger partial charge >= 0.3 is 0 Å². The third-order valence-electron chi connectivity index (χ3n) is 5.84. The second kappa shape index (κ2) is 8.70. The molecule has 1 saturated carbocycles. The third kappa shape index (κ3) is 5.25. The number of aromatic amines is 1. The summed E-state index contributed by atoms with van der Waals surface area (Å²) in [6.07, 6.45) is 6.30. The van der Waals surface area contributed by atoms with Gasteiger partial charge in [0.25, 0.3) is 5.92 Å². The molecule has 2 aliphatic rings. The largest absolute Gasteiger partial charge is 0.490 e. The first-order valence-electron chi connectivity index (χ1n) is 10.4. The molecular formula is C21H25F2N5O3. The zero-order valence-electron chi connectivity index (χ0n) is 17.2. The number of hydrogen-bond acceptors (Lipinski definition) is 6. The van der Waals surface area contributed by atoms with Crippen LogP contribution >= 0.6 is 0 Å². The van der Waals surface area contributed by atoms with E-state index in [1.165, 1.54) is 43.6 Å². The van der Waals surface area contributed by atoms with Gasteiger partial charge in [-0.2, -0.15) is 0 Å². The number of pyridine rings is 1. The van der Waals surface area contributed by atoms with Crippen LogP contribution in [-0.4, -0.2) is 57.4 Å². The zero-order chi connectivity index (χ0) is 22.0. The Balaban J connectivity index is 1.37. The van der Waals surface area contributed by atoms with Crippen LogP contribution in [0.2, 0.25) is 0 Å². The van der Waals surface area contributed by atoms with E-state index in [4.69, 9.17) is 4.74 Å². The molecule has 4 rings (SSSR count). The van der Waals surface area contributed by atoms with Gasteiger partial charge < -0.3 is 9.72 Å². The van der Waals surface area contributed by atoms with Gasteiger partial charge in [-0.15, -0.1) is 0 Å². The second-order valence-electron chi connectivity index (χ2n) is 8.21. The van der Waals surface area contributed by atoms with Crippen LogP contribution in [0.5, 0.6) is 5.75 Å². The monoisotopic (exact) mass is 433 g/mol. The smallest absolute Gasteiger partial charge is 0.257 e. The van der Waals surface area contributed by atoms with Gasteiger partial charge in [-0.3, -0.25) is 19.8 Å². The van der Waals surface area contributed by atoms with Crippen molar-refractivity contribution in [3.05, 3.63) is 46.6 Å². The van der Waals surface area contributed by atoms with Crippen molar-refractivity contribution in [2.45, 2.75) is 44.1 Å². The number of nitrogens with one attached hydrogen (secondary N) is 2. The molecule has 2 N–H and O–H groups in total. The molecule has 166 valence electrons. The maximum atomic E-state index is 14.5. The van der Waals surface area contributed by atoms with Gasteiger partial charge in [-0.25, -0.2) is 18.7 Å². The first-order chi connectivity index (χ1) is 14.8. The predicted molar refractivity (Wildman–Crippen MR) is 109 cm³/mol. The van der Waals surface area contributed by atoms with E-state index in [2.05, 4.69) is 20.3 Å². The molecule has 1 amide bonds. The Hall–Kier alpha value is -2.88. The van der Waals surface area contributed by atoms with Crippen LogP contribution in [0.15, 0.2) is 35.5 Å². The van der Waals surface area contributed by atoms with Gasteiger partial charge in [0.2, 0.25) is 17.4 Å². The number of likely N-dealkylation sites (tertiary alicyclic amines) is 1. The number of alkyl halides is 2. The number of carbonyl (C=O) groups excluding carboxylic acids is 1. The second-order valence-corrected chi connectivity index (χ2v) is 8.21. The average molecular weight is 433 g/mol. The van der Waals surface area contributed by atoms with Crippen molar-refractivity contribution in [3.63, 3.8) is 0 Å². The maximum Gasteiger partial charge on any atom is 0.257 e. The molecule has 2 atom stereocenters. The Kier molecular flexibility index (Phi) is 5.99. The number of carbonyl (C=O) groups is 1. The Morgan fingerprint density at radius 2 is 2.10 bits per heavy atom. The Bertz CT molecular complexity index is 957. The van der Waals surface area contributed by atoms with E-state index in [-0.39, 0.29) is 36.9 Å². The summed E-state index contributed by atoms with van der Waals surface area (Å²) in [7, 11) is 0. The minimum atomic E-state index is -2.93. The van der Waals surface area contributed by atoms with Crippen molar-refractivity contribution in [2.75, 3.05) is 25.0 Å². The number of anilines is 1. The molecule has 0 aromatic carbocycles. The molecule has 0 bridgehead atoms. The molecule has 2 aromatic heterocycles. The van der Waals surface area contributed by atoms with Crippen molar-refractivity contribution in [1.82, 2.24) is 19.9 Å². The molecular weight excluding hydrogens is 408 g/mol. The lowest BCUT2D eigenvalue weighted by Gasteiger charge is -2.40. The highest BCUT2D eigenvalue weighted by atomic mass is 19.3. The molecule has 3 heterocycles. The topological polar surface area (TPSA) is 100 Å². The molecule has 8 nitrogen and oxygen atoms in total. The Morgan fingerprint density at radius 3 is 2.74 bits per heavy atom. The summed E-state index contributed by atoms with van der Waals surface area (Å²) in [4.78, 5) is 36.3. The third-order valence-corrected chi connectivity index (χ3v) is 5.84. The highest BCUT2D eigenvalue weighted by molar-refractivity contribution is 5.93. The summed E-state index contributed by atoms with van der Waals surface area (Å²) in [5.74, 6) is -3.14. The van der Waals surface area contributed by atoms with Crippen LogP contribution in [0.25, 0.3) is 0 Å². The number of rotatable bonds is 7. The van der Waals surface area contributed by atoms with Crippen molar-refractivity contribution in [3.8, 4) is 5.75 Å². The van der Waals surface area contributed by atoms with Crippen molar-refractivity contribution in [1.29, 1.82) is 0 Å². The number of ether oxygens (including phenoxy) is 1. The lowest BCUT2D eigenvalue weighted by atomic mass is 9.87. The molecule has 10 heteroatoms. The van der Waals surface area contributed by atoms with Crippen molar-refractivity contribution >= 4 is 11.9 Å². The number of halogens is 2. The molecule has 31 heavy (non-hydrogen) atoms. The minimum Gasteiger partial charge on any atom is -0.490 e. The fourth-order valence-corrected chi connectivity index (χ4v) is 3.60. The summed E-state index contributed by atoms with van der Waals surface area (Å²) >= 11 is 0.